The Hall–Kier alpha value is -1.55. The van der Waals surface area contributed by atoms with Gasteiger partial charge in [-0.25, -0.2) is 0 Å². The summed E-state index contributed by atoms with van der Waals surface area (Å²) >= 11 is 0. The Bertz CT molecular complexity index is 470. The number of nitrogens with two attached hydrogens (primary N) is 1. The molecule has 1 atom stereocenters. The van der Waals surface area contributed by atoms with Gasteiger partial charge in [0.1, 0.15) is 0 Å². The highest BCUT2D eigenvalue weighted by Gasteiger charge is 2.26. The van der Waals surface area contributed by atoms with Gasteiger partial charge in [0.05, 0.1) is 0 Å². The van der Waals surface area contributed by atoms with Gasteiger partial charge in [-0.15, -0.1) is 0 Å². The minimum Gasteiger partial charge on any atom is -0.399 e. The number of carbonyl (C=O) groups excluding carboxylic acids is 1. The first kappa shape index (κ1) is 13.9. The maximum atomic E-state index is 12.6. The Morgan fingerprint density at radius 3 is 2.79 bits per heavy atom. The molecule has 2 N–H and O–H groups in total. The number of benzene rings is 1. The molecule has 1 saturated heterocycles. The van der Waals surface area contributed by atoms with Crippen molar-refractivity contribution in [1.82, 2.24) is 9.80 Å². The van der Waals surface area contributed by atoms with Crippen LogP contribution in [0.15, 0.2) is 18.2 Å². The minimum absolute atomic E-state index is 0.129. The second-order valence-corrected chi connectivity index (χ2v) is 5.59. The van der Waals surface area contributed by atoms with Gasteiger partial charge in [-0.1, -0.05) is 0 Å². The molecule has 4 heteroatoms. The highest BCUT2D eigenvalue weighted by Crippen LogP contribution is 2.19. The summed E-state index contributed by atoms with van der Waals surface area (Å²) in [6.07, 6.45) is 2.24. The number of carbonyl (C=O) groups is 1. The smallest absolute Gasteiger partial charge is 0.254 e. The third-order valence-corrected chi connectivity index (χ3v) is 3.89. The van der Waals surface area contributed by atoms with Gasteiger partial charge >= 0.3 is 0 Å². The quantitative estimate of drug-likeness (QED) is 0.825. The van der Waals surface area contributed by atoms with E-state index < -0.39 is 0 Å². The predicted octanol–water partition coefficient (Wildman–Crippen LogP) is 1.74. The monoisotopic (exact) mass is 261 g/mol. The van der Waals surface area contributed by atoms with Crippen LogP contribution in [0.5, 0.6) is 0 Å². The lowest BCUT2D eigenvalue weighted by Crippen LogP contribution is -2.47. The summed E-state index contributed by atoms with van der Waals surface area (Å²) in [7, 11) is 4.15. The molecule has 0 aliphatic carbocycles. The first-order valence-corrected chi connectivity index (χ1v) is 6.81. The van der Waals surface area contributed by atoms with E-state index >= 15 is 0 Å². The molecule has 1 fully saturated rings. The van der Waals surface area contributed by atoms with Gasteiger partial charge in [0.2, 0.25) is 0 Å². The van der Waals surface area contributed by atoms with Crippen LogP contribution in [-0.2, 0) is 0 Å². The van der Waals surface area contributed by atoms with Gasteiger partial charge in [0.25, 0.3) is 5.91 Å². The number of likely N-dealkylation sites (tertiary alicyclic amines) is 1. The summed E-state index contributed by atoms with van der Waals surface area (Å²) in [5, 5.41) is 0. The summed E-state index contributed by atoms with van der Waals surface area (Å²) in [5.74, 6) is 0.129. The highest BCUT2D eigenvalue weighted by atomic mass is 16.2. The number of amides is 1. The van der Waals surface area contributed by atoms with E-state index in [1.807, 2.05) is 24.0 Å². The molecular weight excluding hydrogens is 238 g/mol. The Morgan fingerprint density at radius 1 is 1.42 bits per heavy atom. The zero-order valence-corrected chi connectivity index (χ0v) is 12.0. The fraction of sp³-hybridized carbons (Fsp3) is 0.533. The number of rotatable bonds is 2. The van der Waals surface area contributed by atoms with Crippen LogP contribution in [0.1, 0.15) is 28.8 Å². The van der Waals surface area contributed by atoms with Crippen molar-refractivity contribution in [2.75, 3.05) is 32.9 Å². The number of nitrogen functional groups attached to an aromatic ring is 1. The van der Waals surface area contributed by atoms with Crippen LogP contribution in [-0.4, -0.2) is 48.9 Å². The Balaban J connectivity index is 2.15. The van der Waals surface area contributed by atoms with E-state index in [1.165, 1.54) is 0 Å². The highest BCUT2D eigenvalue weighted by molar-refractivity contribution is 5.96. The first-order chi connectivity index (χ1) is 8.99. The number of anilines is 1. The van der Waals surface area contributed by atoms with Crippen molar-refractivity contribution in [1.29, 1.82) is 0 Å². The molecule has 0 radical (unpaired) electrons. The SMILES string of the molecule is Cc1cc(N)ccc1C(=O)N1CCCC(N(C)C)C1. The number of hydrogen-bond acceptors (Lipinski definition) is 3. The molecule has 104 valence electrons. The Labute approximate surface area is 115 Å². The van der Waals surface area contributed by atoms with Crippen molar-refractivity contribution < 1.29 is 4.79 Å². The summed E-state index contributed by atoms with van der Waals surface area (Å²) < 4.78 is 0. The lowest BCUT2D eigenvalue weighted by molar-refractivity contribution is 0.0634. The molecule has 1 aromatic rings. The minimum atomic E-state index is 0.129. The van der Waals surface area contributed by atoms with Crippen LogP contribution in [0.3, 0.4) is 0 Å². The van der Waals surface area contributed by atoms with Crippen molar-refractivity contribution >= 4 is 11.6 Å². The standard InChI is InChI=1S/C15H23N3O/c1-11-9-12(16)6-7-14(11)15(19)18-8-4-5-13(10-18)17(2)3/h6-7,9,13H,4-5,8,10,16H2,1-3H3. The van der Waals surface area contributed by atoms with Gasteiger partial charge < -0.3 is 15.5 Å². The van der Waals surface area contributed by atoms with Crippen LogP contribution in [0.25, 0.3) is 0 Å². The fourth-order valence-corrected chi connectivity index (χ4v) is 2.66. The maximum absolute atomic E-state index is 12.6. The van der Waals surface area contributed by atoms with E-state index in [9.17, 15) is 4.79 Å². The molecule has 2 rings (SSSR count). The molecule has 1 aromatic carbocycles. The number of piperidine rings is 1. The van der Waals surface area contributed by atoms with Crippen molar-refractivity contribution in [3.05, 3.63) is 29.3 Å². The van der Waals surface area contributed by atoms with Gasteiger partial charge in [-0.05, 0) is 57.6 Å². The maximum Gasteiger partial charge on any atom is 0.254 e. The van der Waals surface area contributed by atoms with Crippen LogP contribution in [0.4, 0.5) is 5.69 Å². The molecule has 0 saturated carbocycles. The number of likely N-dealkylation sites (N-methyl/N-ethyl adjacent to an activating group) is 1. The Kier molecular flexibility index (Phi) is 4.10. The molecule has 0 aromatic heterocycles. The molecular formula is C15H23N3O. The van der Waals surface area contributed by atoms with Crippen LogP contribution in [0.2, 0.25) is 0 Å². The first-order valence-electron chi connectivity index (χ1n) is 6.81. The predicted molar refractivity (Wildman–Crippen MR) is 78.2 cm³/mol. The molecule has 1 aliphatic heterocycles. The van der Waals surface area contributed by atoms with Crippen molar-refractivity contribution in [2.45, 2.75) is 25.8 Å². The molecule has 1 unspecified atom stereocenters. The normalized spacial score (nSPS) is 19.8. The zero-order chi connectivity index (χ0) is 14.0. The lowest BCUT2D eigenvalue weighted by Gasteiger charge is -2.36. The summed E-state index contributed by atoms with van der Waals surface area (Å²) in [5.41, 5.74) is 8.17. The largest absolute Gasteiger partial charge is 0.399 e. The number of hydrogen-bond donors (Lipinski definition) is 1. The van der Waals surface area contributed by atoms with E-state index in [1.54, 1.807) is 6.07 Å². The molecule has 4 nitrogen and oxygen atoms in total. The molecule has 0 bridgehead atoms. The zero-order valence-electron chi connectivity index (χ0n) is 12.0. The average molecular weight is 261 g/mol. The van der Waals surface area contributed by atoms with Crippen molar-refractivity contribution in [2.24, 2.45) is 0 Å². The Morgan fingerprint density at radius 2 is 2.16 bits per heavy atom. The van der Waals surface area contributed by atoms with E-state index in [0.717, 1.165) is 37.1 Å². The van der Waals surface area contributed by atoms with Gasteiger partial charge in [0, 0.05) is 30.4 Å². The second kappa shape index (κ2) is 5.61. The fourth-order valence-electron chi connectivity index (χ4n) is 2.66. The van der Waals surface area contributed by atoms with E-state index in [0.29, 0.717) is 11.7 Å². The van der Waals surface area contributed by atoms with Gasteiger partial charge in [-0.3, -0.25) is 4.79 Å². The third-order valence-electron chi connectivity index (χ3n) is 3.89. The third kappa shape index (κ3) is 3.07. The summed E-state index contributed by atoms with van der Waals surface area (Å²) in [6, 6.07) is 5.97. The van der Waals surface area contributed by atoms with E-state index in [-0.39, 0.29) is 5.91 Å². The number of nitrogens with zero attached hydrogens (tertiary/aromatic N) is 2. The summed E-state index contributed by atoms with van der Waals surface area (Å²) in [6.45, 7) is 3.61. The van der Waals surface area contributed by atoms with E-state index in [4.69, 9.17) is 5.73 Å². The van der Waals surface area contributed by atoms with E-state index in [2.05, 4.69) is 19.0 Å². The van der Waals surface area contributed by atoms with Gasteiger partial charge in [-0.2, -0.15) is 0 Å². The van der Waals surface area contributed by atoms with Crippen molar-refractivity contribution in [3.63, 3.8) is 0 Å². The lowest BCUT2D eigenvalue weighted by atomic mass is 10.0. The second-order valence-electron chi connectivity index (χ2n) is 5.59. The average Bonchev–Trinajstić information content (AvgIpc) is 2.38. The number of aryl methyl sites for hydroxylation is 1. The molecule has 1 aliphatic rings. The van der Waals surface area contributed by atoms with Crippen molar-refractivity contribution in [3.8, 4) is 0 Å². The van der Waals surface area contributed by atoms with Crippen LogP contribution < -0.4 is 5.73 Å². The summed E-state index contributed by atoms with van der Waals surface area (Å²) in [4.78, 5) is 16.7. The topological polar surface area (TPSA) is 49.6 Å². The molecule has 19 heavy (non-hydrogen) atoms. The molecule has 1 heterocycles. The van der Waals surface area contributed by atoms with Crippen LogP contribution in [0, 0.1) is 6.92 Å². The van der Waals surface area contributed by atoms with Gasteiger partial charge in [0.15, 0.2) is 0 Å². The van der Waals surface area contributed by atoms with Crippen LogP contribution >= 0.6 is 0 Å². The molecule has 0 spiro atoms. The molecule has 1 amide bonds.